The predicted octanol–water partition coefficient (Wildman–Crippen LogP) is 6.91. The molecule has 25 heavy (non-hydrogen) atoms. The topological polar surface area (TPSA) is 0 Å². The van der Waals surface area contributed by atoms with Gasteiger partial charge >= 0.3 is 0 Å². The Morgan fingerprint density at radius 3 is 1.20 bits per heavy atom. The van der Waals surface area contributed by atoms with E-state index in [-0.39, 0.29) is 0 Å². The van der Waals surface area contributed by atoms with Crippen LogP contribution in [-0.4, -0.2) is 16.1 Å². The molecule has 3 rings (SSSR count). The molecule has 0 spiro atoms. The average molecular weight is 421 g/mol. The monoisotopic (exact) mass is 420 g/mol. The van der Waals surface area contributed by atoms with Crippen molar-refractivity contribution in [3.63, 3.8) is 0 Å². The second-order valence-electron chi connectivity index (χ2n) is 8.84. The van der Waals surface area contributed by atoms with Crippen molar-refractivity contribution in [1.29, 1.82) is 0 Å². The molecule has 5 heteroatoms. The van der Waals surface area contributed by atoms with Crippen LogP contribution in [-0.2, 0) is 0 Å². The molecule has 0 aliphatic rings. The molecular weight excluding hydrogens is 393 g/mol. The van der Waals surface area contributed by atoms with Crippen LogP contribution in [0.2, 0.25) is 39.3 Å². The number of thiophene rings is 3. The van der Waals surface area contributed by atoms with Gasteiger partial charge in [-0.2, -0.15) is 0 Å². The van der Waals surface area contributed by atoms with Crippen LogP contribution < -0.4 is 9.00 Å². The van der Waals surface area contributed by atoms with Crippen molar-refractivity contribution in [1.82, 2.24) is 0 Å². The largest absolute Gasteiger partial charge is 0.144 e. The van der Waals surface area contributed by atoms with Gasteiger partial charge in [0.2, 0.25) is 0 Å². The quantitative estimate of drug-likeness (QED) is 0.402. The zero-order valence-corrected chi connectivity index (χ0v) is 21.0. The first-order chi connectivity index (χ1) is 11.5. The van der Waals surface area contributed by atoms with Crippen LogP contribution in [0.3, 0.4) is 0 Å². The molecule has 0 unspecified atom stereocenters. The molecule has 0 radical (unpaired) electrons. The van der Waals surface area contributed by atoms with Crippen molar-refractivity contribution in [3.05, 3.63) is 35.4 Å². The molecule has 0 atom stereocenters. The Balaban J connectivity index is 2.04. The number of hydrogen-bond donors (Lipinski definition) is 0. The van der Waals surface area contributed by atoms with Gasteiger partial charge in [-0.1, -0.05) is 51.4 Å². The molecule has 0 saturated carbocycles. The minimum Gasteiger partial charge on any atom is -0.144 e. The van der Waals surface area contributed by atoms with Gasteiger partial charge in [-0.3, -0.25) is 0 Å². The summed E-state index contributed by atoms with van der Waals surface area (Å²) in [7, 11) is -2.44. The van der Waals surface area contributed by atoms with E-state index in [1.54, 1.807) is 9.00 Å². The van der Waals surface area contributed by atoms with Crippen LogP contribution in [0.1, 0.15) is 11.1 Å². The Labute approximate surface area is 166 Å². The zero-order valence-electron chi connectivity index (χ0n) is 16.5. The molecule has 3 heterocycles. The summed E-state index contributed by atoms with van der Waals surface area (Å²) in [6.07, 6.45) is 0. The second-order valence-corrected chi connectivity index (χ2v) is 22.8. The molecule has 0 fully saturated rings. The van der Waals surface area contributed by atoms with E-state index in [0.717, 1.165) is 0 Å². The Morgan fingerprint density at radius 1 is 0.560 bits per heavy atom. The summed E-state index contributed by atoms with van der Waals surface area (Å²) < 4.78 is 3.21. The van der Waals surface area contributed by atoms with Gasteiger partial charge in [0.1, 0.15) is 0 Å². The van der Waals surface area contributed by atoms with Crippen LogP contribution in [0.25, 0.3) is 19.5 Å². The molecular formula is C20H28S3Si2. The van der Waals surface area contributed by atoms with Crippen LogP contribution in [0.5, 0.6) is 0 Å². The molecule has 0 nitrogen and oxygen atoms in total. The van der Waals surface area contributed by atoms with Crippen LogP contribution in [0.4, 0.5) is 0 Å². The molecule has 134 valence electrons. The van der Waals surface area contributed by atoms with Crippen molar-refractivity contribution < 1.29 is 0 Å². The Morgan fingerprint density at radius 2 is 0.920 bits per heavy atom. The molecule has 3 aromatic rings. The SMILES string of the molecule is Cc1c(-c2ccc([Si](C)(C)C)s2)sc(-c2ccc([Si](C)(C)C)s2)c1C. The second kappa shape index (κ2) is 6.61. The lowest BCUT2D eigenvalue weighted by molar-refractivity contribution is 1.41. The zero-order chi connectivity index (χ0) is 18.6. The molecule has 0 bridgehead atoms. The summed E-state index contributed by atoms with van der Waals surface area (Å²) in [6.45, 7) is 19.2. The van der Waals surface area contributed by atoms with E-state index in [0.29, 0.717) is 0 Å². The first-order valence-electron chi connectivity index (χ1n) is 8.80. The first kappa shape index (κ1) is 19.3. The molecule has 0 amide bonds. The van der Waals surface area contributed by atoms with Crippen molar-refractivity contribution in [2.75, 3.05) is 0 Å². The van der Waals surface area contributed by atoms with Crippen molar-refractivity contribution in [3.8, 4) is 19.5 Å². The minimum atomic E-state index is -1.22. The van der Waals surface area contributed by atoms with E-state index in [2.05, 4.69) is 77.4 Å². The van der Waals surface area contributed by atoms with E-state index in [1.807, 2.05) is 34.0 Å². The Kier molecular flexibility index (Phi) is 5.10. The van der Waals surface area contributed by atoms with Gasteiger partial charge in [-0.15, -0.1) is 34.0 Å². The number of hydrogen-bond acceptors (Lipinski definition) is 3. The van der Waals surface area contributed by atoms with Crippen LogP contribution in [0.15, 0.2) is 24.3 Å². The highest BCUT2D eigenvalue weighted by atomic mass is 32.1. The Hall–Kier alpha value is -0.466. The lowest BCUT2D eigenvalue weighted by atomic mass is 10.1. The third kappa shape index (κ3) is 3.81. The molecule has 0 aliphatic carbocycles. The van der Waals surface area contributed by atoms with E-state index in [1.165, 1.54) is 30.6 Å². The fourth-order valence-corrected chi connectivity index (χ4v) is 10.2. The summed E-state index contributed by atoms with van der Waals surface area (Å²) in [5, 5.41) is 0. The summed E-state index contributed by atoms with van der Waals surface area (Å²) in [5.41, 5.74) is 2.93. The maximum Gasteiger partial charge on any atom is 0.0904 e. The minimum absolute atomic E-state index is 1.22. The lowest BCUT2D eigenvalue weighted by Crippen LogP contribution is -2.34. The van der Waals surface area contributed by atoms with Gasteiger partial charge in [0.25, 0.3) is 0 Å². The fourth-order valence-electron chi connectivity index (χ4n) is 2.79. The normalized spacial score (nSPS) is 12.8. The first-order valence-corrected chi connectivity index (χ1v) is 18.2. The highest BCUT2D eigenvalue weighted by molar-refractivity contribution is 7.33. The fraction of sp³-hybridized carbons (Fsp3) is 0.400. The third-order valence-electron chi connectivity index (χ3n) is 4.59. The van der Waals surface area contributed by atoms with Gasteiger partial charge in [-0.25, -0.2) is 0 Å². The van der Waals surface area contributed by atoms with Gasteiger partial charge in [0.05, 0.1) is 16.1 Å². The molecule has 3 aromatic heterocycles. The molecule has 0 aliphatic heterocycles. The summed E-state index contributed by atoms with van der Waals surface area (Å²) >= 11 is 6.02. The van der Waals surface area contributed by atoms with Crippen molar-refractivity contribution in [2.24, 2.45) is 0 Å². The standard InChI is InChI=1S/C20H28S3Si2/c1-13-14(2)20(16-10-12-18(22-16)25(6,7)8)23-19(13)15-9-11-17(21-15)24(3,4)5/h9-12H,1-8H3. The molecule has 0 saturated heterocycles. The molecule has 0 N–H and O–H groups in total. The number of rotatable bonds is 4. The smallest absolute Gasteiger partial charge is 0.0904 e. The third-order valence-corrected chi connectivity index (χ3v) is 15.7. The lowest BCUT2D eigenvalue weighted by Gasteiger charge is -2.12. The highest BCUT2D eigenvalue weighted by Crippen LogP contribution is 2.44. The van der Waals surface area contributed by atoms with Crippen molar-refractivity contribution in [2.45, 2.75) is 53.1 Å². The Bertz CT molecular complexity index is 826. The van der Waals surface area contributed by atoms with E-state index in [4.69, 9.17) is 0 Å². The summed E-state index contributed by atoms with van der Waals surface area (Å²) in [6, 6.07) is 9.44. The predicted molar refractivity (Wildman–Crippen MR) is 126 cm³/mol. The van der Waals surface area contributed by atoms with E-state index in [9.17, 15) is 0 Å². The van der Waals surface area contributed by atoms with Gasteiger partial charge in [-0.05, 0) is 46.1 Å². The highest BCUT2D eigenvalue weighted by Gasteiger charge is 2.23. The van der Waals surface area contributed by atoms with Gasteiger partial charge < -0.3 is 0 Å². The van der Waals surface area contributed by atoms with Crippen LogP contribution >= 0.6 is 34.0 Å². The maximum absolute atomic E-state index is 2.43. The summed E-state index contributed by atoms with van der Waals surface area (Å²) in [4.78, 5) is 5.86. The maximum atomic E-state index is 2.43. The van der Waals surface area contributed by atoms with Crippen molar-refractivity contribution >= 4 is 59.2 Å². The van der Waals surface area contributed by atoms with E-state index >= 15 is 0 Å². The summed E-state index contributed by atoms with van der Waals surface area (Å²) in [5.74, 6) is 0. The molecule has 0 aromatic carbocycles. The van der Waals surface area contributed by atoms with Gasteiger partial charge in [0, 0.05) is 19.5 Å². The van der Waals surface area contributed by atoms with Crippen LogP contribution in [0, 0.1) is 13.8 Å². The van der Waals surface area contributed by atoms with E-state index < -0.39 is 16.1 Å². The van der Waals surface area contributed by atoms with Gasteiger partial charge in [0.15, 0.2) is 0 Å². The average Bonchev–Trinajstić information content (AvgIpc) is 3.18.